The molecule has 0 saturated carbocycles. The highest BCUT2D eigenvalue weighted by atomic mass is 32.2. The van der Waals surface area contributed by atoms with Crippen molar-refractivity contribution in [3.63, 3.8) is 0 Å². The Balaban J connectivity index is 2.74. The van der Waals surface area contributed by atoms with Crippen molar-refractivity contribution in [2.24, 2.45) is 0 Å². The molecule has 1 atom stereocenters. The molecule has 4 nitrogen and oxygen atoms in total. The number of ether oxygens (including phenoxy) is 1. The molecule has 1 rings (SSSR count). The lowest BCUT2D eigenvalue weighted by Gasteiger charge is -2.09. The second-order valence-corrected chi connectivity index (χ2v) is 5.39. The van der Waals surface area contributed by atoms with Crippen LogP contribution in [0.15, 0.2) is 12.1 Å². The van der Waals surface area contributed by atoms with Crippen LogP contribution in [0.4, 0.5) is 14.5 Å². The van der Waals surface area contributed by atoms with Crippen molar-refractivity contribution < 1.29 is 22.5 Å². The molecule has 1 aromatic carbocycles. The van der Waals surface area contributed by atoms with E-state index in [0.717, 1.165) is 13.2 Å². The van der Waals surface area contributed by atoms with Crippen molar-refractivity contribution in [1.82, 2.24) is 0 Å². The van der Waals surface area contributed by atoms with Gasteiger partial charge in [0.2, 0.25) is 0 Å². The maximum atomic E-state index is 13.6. The number of carbonyl (C=O) groups excluding carboxylic acids is 1. The van der Waals surface area contributed by atoms with E-state index in [4.69, 9.17) is 0 Å². The van der Waals surface area contributed by atoms with Crippen molar-refractivity contribution in [2.45, 2.75) is 6.42 Å². The summed E-state index contributed by atoms with van der Waals surface area (Å²) < 4.78 is 42.4. The van der Waals surface area contributed by atoms with Crippen LogP contribution in [0.5, 0.6) is 0 Å². The van der Waals surface area contributed by atoms with Gasteiger partial charge in [-0.25, -0.2) is 13.6 Å². The number of anilines is 1. The van der Waals surface area contributed by atoms with E-state index in [-0.39, 0.29) is 5.69 Å². The minimum atomic E-state index is -1.24. The summed E-state index contributed by atoms with van der Waals surface area (Å²) in [5, 5.41) is 2.69. The molecule has 0 aliphatic carbocycles. The number of halogens is 2. The third kappa shape index (κ3) is 4.27. The summed E-state index contributed by atoms with van der Waals surface area (Å²) in [7, 11) is 0.181. The van der Waals surface area contributed by atoms with Gasteiger partial charge < -0.3 is 10.1 Å². The van der Waals surface area contributed by atoms with Crippen molar-refractivity contribution in [3.05, 3.63) is 29.3 Å². The largest absolute Gasteiger partial charge is 0.465 e. The highest BCUT2D eigenvalue weighted by Crippen LogP contribution is 2.21. The Bertz CT molecular complexity index is 494. The van der Waals surface area contributed by atoms with Gasteiger partial charge in [0.05, 0.1) is 18.4 Å². The predicted molar refractivity (Wildman–Crippen MR) is 69.7 cm³/mol. The Morgan fingerprint density at radius 1 is 1.37 bits per heavy atom. The molecule has 0 heterocycles. The van der Waals surface area contributed by atoms with Crippen LogP contribution in [0.2, 0.25) is 0 Å². The maximum Gasteiger partial charge on any atom is 0.340 e. The van der Waals surface area contributed by atoms with Gasteiger partial charge in [-0.15, -0.1) is 0 Å². The first-order chi connectivity index (χ1) is 8.97. The lowest BCUT2D eigenvalue weighted by molar-refractivity contribution is 0.0594. The molecule has 106 valence electrons. The average molecular weight is 291 g/mol. The summed E-state index contributed by atoms with van der Waals surface area (Å²) in [4.78, 5) is 11.1. The summed E-state index contributed by atoms with van der Waals surface area (Å²) in [5.74, 6) is -2.81. The van der Waals surface area contributed by atoms with Gasteiger partial charge in [-0.05, 0) is 18.6 Å². The Morgan fingerprint density at radius 3 is 2.63 bits per heavy atom. The monoisotopic (exact) mass is 291 g/mol. The van der Waals surface area contributed by atoms with Crippen molar-refractivity contribution in [3.8, 4) is 0 Å². The smallest absolute Gasteiger partial charge is 0.340 e. The van der Waals surface area contributed by atoms with Gasteiger partial charge >= 0.3 is 5.97 Å². The van der Waals surface area contributed by atoms with Gasteiger partial charge in [0.25, 0.3) is 0 Å². The van der Waals surface area contributed by atoms with Gasteiger partial charge in [-0.1, -0.05) is 0 Å². The van der Waals surface area contributed by atoms with Gasteiger partial charge in [-0.3, -0.25) is 4.21 Å². The number of benzene rings is 1. The molecule has 7 heteroatoms. The highest BCUT2D eigenvalue weighted by molar-refractivity contribution is 7.84. The second-order valence-electron chi connectivity index (χ2n) is 3.84. The number of methoxy groups -OCH3 is 1. The summed E-state index contributed by atoms with van der Waals surface area (Å²) in [6, 6.07) is 2.43. The van der Waals surface area contributed by atoms with Gasteiger partial charge in [0.15, 0.2) is 11.6 Å². The van der Waals surface area contributed by atoms with E-state index in [1.807, 2.05) is 0 Å². The minimum Gasteiger partial charge on any atom is -0.465 e. The third-order valence-electron chi connectivity index (χ3n) is 2.41. The Hall–Kier alpha value is -1.50. The zero-order chi connectivity index (χ0) is 14.4. The number of nitrogens with one attached hydrogen (secondary N) is 1. The molecule has 0 aromatic heterocycles. The van der Waals surface area contributed by atoms with Crippen LogP contribution in [0.3, 0.4) is 0 Å². The lowest BCUT2D eigenvalue weighted by atomic mass is 10.2. The fraction of sp³-hybridized carbons (Fsp3) is 0.417. The summed E-state index contributed by atoms with van der Waals surface area (Å²) in [6.45, 7) is 0.369. The van der Waals surface area contributed by atoms with Crippen LogP contribution in [-0.4, -0.2) is 35.8 Å². The normalized spacial score (nSPS) is 12.0. The molecular weight excluding hydrogens is 276 g/mol. The molecule has 0 spiro atoms. The van der Waals surface area contributed by atoms with Crippen molar-refractivity contribution in [2.75, 3.05) is 31.0 Å². The molecule has 0 aliphatic heterocycles. The summed E-state index contributed by atoms with van der Waals surface area (Å²) >= 11 is 0. The fourth-order valence-corrected chi connectivity index (χ4v) is 2.00. The van der Waals surface area contributed by atoms with Crippen LogP contribution in [0, 0.1) is 11.6 Å². The van der Waals surface area contributed by atoms with E-state index in [1.165, 1.54) is 6.07 Å². The molecule has 0 fully saturated rings. The molecule has 0 radical (unpaired) electrons. The molecule has 0 bridgehead atoms. The number of rotatable bonds is 6. The second kappa shape index (κ2) is 7.18. The van der Waals surface area contributed by atoms with E-state index < -0.39 is 34.0 Å². The quantitative estimate of drug-likeness (QED) is 0.643. The number of carbonyl (C=O) groups is 1. The lowest BCUT2D eigenvalue weighted by Crippen LogP contribution is -2.11. The van der Waals surface area contributed by atoms with E-state index in [0.29, 0.717) is 18.7 Å². The molecule has 0 amide bonds. The Labute approximate surface area is 112 Å². The summed E-state index contributed by atoms with van der Waals surface area (Å²) in [6.07, 6.45) is 2.15. The molecule has 19 heavy (non-hydrogen) atoms. The zero-order valence-corrected chi connectivity index (χ0v) is 11.5. The van der Waals surface area contributed by atoms with Crippen molar-refractivity contribution >= 4 is 22.5 Å². The topological polar surface area (TPSA) is 55.4 Å². The number of esters is 1. The van der Waals surface area contributed by atoms with E-state index in [2.05, 4.69) is 10.1 Å². The first-order valence-electron chi connectivity index (χ1n) is 5.57. The maximum absolute atomic E-state index is 13.6. The van der Waals surface area contributed by atoms with E-state index in [1.54, 1.807) is 6.26 Å². The van der Waals surface area contributed by atoms with Gasteiger partial charge in [0.1, 0.15) is 0 Å². The van der Waals surface area contributed by atoms with E-state index >= 15 is 0 Å². The zero-order valence-electron chi connectivity index (χ0n) is 10.7. The fourth-order valence-electron chi connectivity index (χ4n) is 1.45. The van der Waals surface area contributed by atoms with Crippen LogP contribution >= 0.6 is 0 Å². The van der Waals surface area contributed by atoms with Crippen LogP contribution in [0.1, 0.15) is 16.8 Å². The predicted octanol–water partition coefficient (Wildman–Crippen LogP) is 1.93. The molecule has 1 N–H and O–H groups in total. The third-order valence-corrected chi connectivity index (χ3v) is 3.28. The summed E-state index contributed by atoms with van der Waals surface area (Å²) in [5.41, 5.74) is -0.479. The Kier molecular flexibility index (Phi) is 5.88. The van der Waals surface area contributed by atoms with Crippen molar-refractivity contribution in [1.29, 1.82) is 0 Å². The highest BCUT2D eigenvalue weighted by Gasteiger charge is 2.18. The number of hydrogen-bond acceptors (Lipinski definition) is 4. The first kappa shape index (κ1) is 15.6. The van der Waals surface area contributed by atoms with Crippen LogP contribution in [-0.2, 0) is 15.5 Å². The van der Waals surface area contributed by atoms with Crippen LogP contribution in [0.25, 0.3) is 0 Å². The minimum absolute atomic E-state index is 0.0351. The standard InChI is InChI=1S/C12H15F2NO3S/c1-18-12(16)8-4-5-9(11(14)10(8)13)15-6-3-7-19(2)17/h4-5,15H,3,6-7H2,1-2H3. The van der Waals surface area contributed by atoms with Gasteiger partial charge in [-0.2, -0.15) is 0 Å². The SMILES string of the molecule is COC(=O)c1ccc(NCCCS(C)=O)c(F)c1F. The Morgan fingerprint density at radius 2 is 2.05 bits per heavy atom. The first-order valence-corrected chi connectivity index (χ1v) is 7.30. The molecular formula is C12H15F2NO3S. The van der Waals surface area contributed by atoms with E-state index in [9.17, 15) is 17.8 Å². The van der Waals surface area contributed by atoms with Crippen LogP contribution < -0.4 is 5.32 Å². The molecule has 0 saturated heterocycles. The molecule has 1 unspecified atom stereocenters. The molecule has 0 aliphatic rings. The average Bonchev–Trinajstić information content (AvgIpc) is 2.38. The number of hydrogen-bond donors (Lipinski definition) is 1. The van der Waals surface area contributed by atoms with Gasteiger partial charge in [0, 0.05) is 29.4 Å². The molecule has 1 aromatic rings.